The standard InChI is InChI=1S/C18H26N4/c1-3-4-11-21-13-10-20-18(21)16-8-6-12-22(14-16)17-15(2)7-5-9-19-17/h5,7,9-10,13,16H,3-4,6,8,11-12,14H2,1-2H3/t16-/m1/s1. The molecule has 2 aromatic rings. The van der Waals surface area contributed by atoms with Crippen LogP contribution in [0.2, 0.25) is 0 Å². The molecule has 0 N–H and O–H groups in total. The van der Waals surface area contributed by atoms with Crippen LogP contribution < -0.4 is 4.90 Å². The molecule has 0 spiro atoms. The molecule has 0 unspecified atom stereocenters. The highest BCUT2D eigenvalue weighted by molar-refractivity contribution is 5.46. The van der Waals surface area contributed by atoms with Crippen LogP contribution in [-0.4, -0.2) is 27.6 Å². The van der Waals surface area contributed by atoms with E-state index in [-0.39, 0.29) is 0 Å². The van der Waals surface area contributed by atoms with Gasteiger partial charge in [-0.2, -0.15) is 0 Å². The van der Waals surface area contributed by atoms with Crippen LogP contribution in [0.3, 0.4) is 0 Å². The van der Waals surface area contributed by atoms with Crippen molar-refractivity contribution in [3.05, 3.63) is 42.1 Å². The van der Waals surface area contributed by atoms with Crippen molar-refractivity contribution in [1.29, 1.82) is 0 Å². The van der Waals surface area contributed by atoms with Crippen LogP contribution in [0.4, 0.5) is 5.82 Å². The maximum Gasteiger partial charge on any atom is 0.131 e. The number of hydrogen-bond acceptors (Lipinski definition) is 3. The summed E-state index contributed by atoms with van der Waals surface area (Å²) in [6.07, 6.45) is 10.9. The first-order valence-corrected chi connectivity index (χ1v) is 8.47. The second kappa shape index (κ2) is 6.95. The molecule has 4 nitrogen and oxygen atoms in total. The van der Waals surface area contributed by atoms with Gasteiger partial charge >= 0.3 is 0 Å². The first-order chi connectivity index (χ1) is 10.8. The Bertz CT molecular complexity index is 605. The molecule has 2 aromatic heterocycles. The average Bonchev–Trinajstić information content (AvgIpc) is 3.02. The van der Waals surface area contributed by atoms with Crippen LogP contribution in [0.1, 0.15) is 49.9 Å². The van der Waals surface area contributed by atoms with E-state index in [1.54, 1.807) is 0 Å². The van der Waals surface area contributed by atoms with Crippen molar-refractivity contribution < 1.29 is 0 Å². The molecule has 118 valence electrons. The minimum atomic E-state index is 0.516. The van der Waals surface area contributed by atoms with Gasteiger partial charge < -0.3 is 9.47 Å². The van der Waals surface area contributed by atoms with E-state index in [0.717, 1.165) is 25.5 Å². The molecule has 4 heteroatoms. The summed E-state index contributed by atoms with van der Waals surface area (Å²) < 4.78 is 2.35. The fourth-order valence-corrected chi connectivity index (χ4v) is 3.39. The summed E-state index contributed by atoms with van der Waals surface area (Å²) >= 11 is 0. The number of nitrogens with zero attached hydrogens (tertiary/aromatic N) is 4. The number of aromatic nitrogens is 3. The normalized spacial score (nSPS) is 18.6. The Morgan fingerprint density at radius 2 is 2.18 bits per heavy atom. The maximum absolute atomic E-state index is 4.66. The Morgan fingerprint density at radius 3 is 3.00 bits per heavy atom. The second-order valence-corrected chi connectivity index (χ2v) is 6.26. The van der Waals surface area contributed by atoms with Crippen LogP contribution in [0, 0.1) is 6.92 Å². The zero-order valence-electron chi connectivity index (χ0n) is 13.7. The fraction of sp³-hybridized carbons (Fsp3) is 0.556. The molecule has 1 saturated heterocycles. The van der Waals surface area contributed by atoms with Gasteiger partial charge in [-0.15, -0.1) is 0 Å². The molecule has 0 bridgehead atoms. The van der Waals surface area contributed by atoms with Crippen LogP contribution in [-0.2, 0) is 6.54 Å². The SMILES string of the molecule is CCCCn1ccnc1[C@@H]1CCCN(c2ncccc2C)C1. The Morgan fingerprint density at radius 1 is 1.27 bits per heavy atom. The number of hydrogen-bond donors (Lipinski definition) is 0. The van der Waals surface area contributed by atoms with E-state index < -0.39 is 0 Å². The lowest BCUT2D eigenvalue weighted by atomic mass is 9.96. The highest BCUT2D eigenvalue weighted by Crippen LogP contribution is 2.29. The Labute approximate surface area is 133 Å². The molecular formula is C18H26N4. The maximum atomic E-state index is 4.66. The average molecular weight is 298 g/mol. The third kappa shape index (κ3) is 3.16. The molecule has 0 aliphatic carbocycles. The van der Waals surface area contributed by atoms with Crippen molar-refractivity contribution in [2.24, 2.45) is 0 Å². The number of pyridine rings is 1. The number of rotatable bonds is 5. The van der Waals surface area contributed by atoms with Crippen LogP contribution in [0.5, 0.6) is 0 Å². The third-order valence-corrected chi connectivity index (χ3v) is 4.57. The van der Waals surface area contributed by atoms with E-state index >= 15 is 0 Å². The smallest absolute Gasteiger partial charge is 0.131 e. The van der Waals surface area contributed by atoms with E-state index in [9.17, 15) is 0 Å². The summed E-state index contributed by atoms with van der Waals surface area (Å²) in [6, 6.07) is 4.16. The van der Waals surface area contributed by atoms with Crippen molar-refractivity contribution in [1.82, 2.24) is 14.5 Å². The van der Waals surface area contributed by atoms with Crippen molar-refractivity contribution >= 4 is 5.82 Å². The fourth-order valence-electron chi connectivity index (χ4n) is 3.39. The van der Waals surface area contributed by atoms with Gasteiger partial charge in [0, 0.05) is 44.1 Å². The van der Waals surface area contributed by atoms with Gasteiger partial charge in [-0.3, -0.25) is 0 Å². The zero-order chi connectivity index (χ0) is 15.4. The van der Waals surface area contributed by atoms with Gasteiger partial charge in [-0.25, -0.2) is 9.97 Å². The molecule has 3 rings (SSSR count). The number of aryl methyl sites for hydroxylation is 2. The molecule has 22 heavy (non-hydrogen) atoms. The summed E-state index contributed by atoms with van der Waals surface area (Å²) in [6.45, 7) is 7.60. The van der Waals surface area contributed by atoms with E-state index in [1.807, 2.05) is 18.5 Å². The Balaban J connectivity index is 1.76. The summed E-state index contributed by atoms with van der Waals surface area (Å²) in [5.41, 5.74) is 1.26. The van der Waals surface area contributed by atoms with Crippen molar-refractivity contribution in [2.45, 2.75) is 52.0 Å². The molecule has 1 aliphatic rings. The predicted octanol–water partition coefficient (Wildman–Crippen LogP) is 3.77. The lowest BCUT2D eigenvalue weighted by molar-refractivity contribution is 0.463. The third-order valence-electron chi connectivity index (χ3n) is 4.57. The topological polar surface area (TPSA) is 34.0 Å². The van der Waals surface area contributed by atoms with Crippen molar-refractivity contribution in [3.63, 3.8) is 0 Å². The van der Waals surface area contributed by atoms with Gasteiger partial charge in [0.15, 0.2) is 0 Å². The van der Waals surface area contributed by atoms with E-state index in [2.05, 4.69) is 45.5 Å². The highest BCUT2D eigenvalue weighted by atomic mass is 15.2. The summed E-state index contributed by atoms with van der Waals surface area (Å²) in [7, 11) is 0. The number of anilines is 1. The van der Waals surface area contributed by atoms with Crippen LogP contribution in [0.25, 0.3) is 0 Å². The molecule has 0 amide bonds. The molecular weight excluding hydrogens is 272 g/mol. The number of imidazole rings is 1. The zero-order valence-corrected chi connectivity index (χ0v) is 13.7. The number of piperidine rings is 1. The lowest BCUT2D eigenvalue weighted by Crippen LogP contribution is -2.36. The largest absolute Gasteiger partial charge is 0.356 e. The van der Waals surface area contributed by atoms with Crippen LogP contribution >= 0.6 is 0 Å². The molecule has 0 aromatic carbocycles. The Kier molecular flexibility index (Phi) is 4.76. The number of unbranched alkanes of at least 4 members (excludes halogenated alkanes) is 1. The van der Waals surface area contributed by atoms with E-state index in [4.69, 9.17) is 0 Å². The second-order valence-electron chi connectivity index (χ2n) is 6.26. The van der Waals surface area contributed by atoms with Crippen LogP contribution in [0.15, 0.2) is 30.7 Å². The summed E-state index contributed by atoms with van der Waals surface area (Å²) in [5, 5.41) is 0. The Hall–Kier alpha value is -1.84. The highest BCUT2D eigenvalue weighted by Gasteiger charge is 2.25. The summed E-state index contributed by atoms with van der Waals surface area (Å²) in [5.74, 6) is 2.91. The minimum Gasteiger partial charge on any atom is -0.356 e. The van der Waals surface area contributed by atoms with Gasteiger partial charge in [-0.05, 0) is 37.8 Å². The summed E-state index contributed by atoms with van der Waals surface area (Å²) in [4.78, 5) is 11.7. The first kappa shape index (κ1) is 15.1. The van der Waals surface area contributed by atoms with Gasteiger partial charge in [0.1, 0.15) is 11.6 Å². The monoisotopic (exact) mass is 298 g/mol. The molecule has 1 aliphatic heterocycles. The van der Waals surface area contributed by atoms with E-state index in [0.29, 0.717) is 5.92 Å². The quantitative estimate of drug-likeness (QED) is 0.842. The van der Waals surface area contributed by atoms with E-state index in [1.165, 1.54) is 37.1 Å². The molecule has 1 atom stereocenters. The minimum absolute atomic E-state index is 0.516. The van der Waals surface area contributed by atoms with Crippen molar-refractivity contribution in [3.8, 4) is 0 Å². The molecule has 0 radical (unpaired) electrons. The van der Waals surface area contributed by atoms with Gasteiger partial charge in [0.2, 0.25) is 0 Å². The first-order valence-electron chi connectivity index (χ1n) is 8.47. The predicted molar refractivity (Wildman–Crippen MR) is 90.3 cm³/mol. The van der Waals surface area contributed by atoms with Gasteiger partial charge in [-0.1, -0.05) is 19.4 Å². The van der Waals surface area contributed by atoms with Crippen molar-refractivity contribution in [2.75, 3.05) is 18.0 Å². The van der Waals surface area contributed by atoms with Gasteiger partial charge in [0.25, 0.3) is 0 Å². The molecule has 0 saturated carbocycles. The van der Waals surface area contributed by atoms with Gasteiger partial charge in [0.05, 0.1) is 0 Å². The molecule has 3 heterocycles. The molecule has 1 fully saturated rings. The lowest BCUT2D eigenvalue weighted by Gasteiger charge is -2.34.